The van der Waals surface area contributed by atoms with E-state index >= 15 is 0 Å². The van der Waals surface area contributed by atoms with Crippen LogP contribution in [0.15, 0.2) is 11.1 Å². The van der Waals surface area contributed by atoms with Gasteiger partial charge in [-0.25, -0.2) is 13.1 Å². The van der Waals surface area contributed by atoms with Crippen LogP contribution in [0.1, 0.15) is 19.9 Å². The summed E-state index contributed by atoms with van der Waals surface area (Å²) in [5.74, 6) is -0.926. The highest BCUT2D eigenvalue weighted by atomic mass is 35.7. The SMILES string of the molecule is CC(C)n1ncc(S(=O)(=O)Cl)c1F. The maximum atomic E-state index is 13.2. The Labute approximate surface area is 79.7 Å². The first kappa shape index (κ1) is 10.5. The van der Waals surface area contributed by atoms with E-state index in [1.54, 1.807) is 13.8 Å². The highest BCUT2D eigenvalue weighted by Gasteiger charge is 2.22. The zero-order chi connectivity index (χ0) is 10.2. The fourth-order valence-electron chi connectivity index (χ4n) is 0.855. The number of aromatic nitrogens is 2. The fourth-order valence-corrected chi connectivity index (χ4v) is 1.63. The molecule has 1 aromatic rings. The van der Waals surface area contributed by atoms with Crippen LogP contribution >= 0.6 is 10.7 Å². The van der Waals surface area contributed by atoms with Crippen molar-refractivity contribution in [1.29, 1.82) is 0 Å². The molecule has 1 rings (SSSR count). The maximum absolute atomic E-state index is 13.2. The standard InChI is InChI=1S/C6H8ClFN2O2S/c1-4(2)10-6(8)5(3-9-10)13(7,11)12/h3-4H,1-2H3. The molecule has 1 heterocycles. The number of hydrogen-bond donors (Lipinski definition) is 0. The first-order chi connectivity index (χ1) is 5.84. The molecule has 74 valence electrons. The van der Waals surface area contributed by atoms with E-state index < -0.39 is 19.9 Å². The van der Waals surface area contributed by atoms with E-state index in [1.807, 2.05) is 0 Å². The van der Waals surface area contributed by atoms with E-state index in [2.05, 4.69) is 5.10 Å². The minimum Gasteiger partial charge on any atom is -0.236 e. The molecule has 0 saturated heterocycles. The minimum absolute atomic E-state index is 0.243. The molecule has 1 aromatic heterocycles. The van der Waals surface area contributed by atoms with Crippen LogP contribution in [0.2, 0.25) is 0 Å². The Morgan fingerprint density at radius 2 is 2.15 bits per heavy atom. The molecular formula is C6H8ClFN2O2S. The number of halogens is 2. The third-order valence-corrected chi connectivity index (χ3v) is 2.75. The van der Waals surface area contributed by atoms with Gasteiger partial charge in [0.25, 0.3) is 9.05 Å². The normalized spacial score (nSPS) is 12.4. The summed E-state index contributed by atoms with van der Waals surface area (Å²) in [7, 11) is 0.928. The lowest BCUT2D eigenvalue weighted by molar-refractivity contribution is 0.405. The third-order valence-electron chi connectivity index (χ3n) is 1.46. The van der Waals surface area contributed by atoms with Gasteiger partial charge >= 0.3 is 0 Å². The molecule has 0 radical (unpaired) electrons. The van der Waals surface area contributed by atoms with Crippen molar-refractivity contribution >= 4 is 19.7 Å². The van der Waals surface area contributed by atoms with Gasteiger partial charge in [-0.3, -0.25) is 0 Å². The molecule has 4 nitrogen and oxygen atoms in total. The summed E-state index contributed by atoms with van der Waals surface area (Å²) in [5.41, 5.74) is 0. The molecule has 0 spiro atoms. The van der Waals surface area contributed by atoms with Gasteiger partial charge in [-0.1, -0.05) is 0 Å². The molecule has 0 fully saturated rings. The molecule has 0 atom stereocenters. The molecule has 0 aliphatic carbocycles. The predicted octanol–water partition coefficient (Wildman–Crippen LogP) is 1.53. The molecule has 0 amide bonds. The zero-order valence-corrected chi connectivity index (χ0v) is 8.60. The maximum Gasteiger partial charge on any atom is 0.267 e. The van der Waals surface area contributed by atoms with Gasteiger partial charge in [0.1, 0.15) is 0 Å². The molecule has 0 aromatic carbocycles. The summed E-state index contributed by atoms with van der Waals surface area (Å²) < 4.78 is 35.7. The third kappa shape index (κ3) is 2.00. The Morgan fingerprint density at radius 1 is 1.62 bits per heavy atom. The van der Waals surface area contributed by atoms with E-state index in [4.69, 9.17) is 10.7 Å². The Balaban J connectivity index is 3.30. The van der Waals surface area contributed by atoms with Gasteiger partial charge in [-0.15, -0.1) is 0 Å². The lowest BCUT2D eigenvalue weighted by Gasteiger charge is -2.04. The van der Waals surface area contributed by atoms with Gasteiger partial charge in [-0.2, -0.15) is 9.49 Å². The molecule has 13 heavy (non-hydrogen) atoms. The van der Waals surface area contributed by atoms with Crippen LogP contribution in [0.4, 0.5) is 4.39 Å². The van der Waals surface area contributed by atoms with Crippen molar-refractivity contribution in [2.24, 2.45) is 0 Å². The average Bonchev–Trinajstić information content (AvgIpc) is 2.28. The largest absolute Gasteiger partial charge is 0.267 e. The summed E-state index contributed by atoms with van der Waals surface area (Å²) in [6.07, 6.45) is 0.900. The van der Waals surface area contributed by atoms with Gasteiger partial charge in [0.15, 0.2) is 4.90 Å². The monoisotopic (exact) mass is 226 g/mol. The summed E-state index contributed by atoms with van der Waals surface area (Å²) in [6, 6.07) is -0.243. The molecule has 0 aliphatic heterocycles. The van der Waals surface area contributed by atoms with E-state index in [0.29, 0.717) is 0 Å². The van der Waals surface area contributed by atoms with E-state index in [0.717, 1.165) is 10.9 Å². The van der Waals surface area contributed by atoms with Crippen LogP contribution in [0.3, 0.4) is 0 Å². The molecule has 0 bridgehead atoms. The summed E-state index contributed by atoms with van der Waals surface area (Å²) in [4.78, 5) is -0.581. The van der Waals surface area contributed by atoms with Crippen molar-refractivity contribution in [2.75, 3.05) is 0 Å². The van der Waals surface area contributed by atoms with Crippen molar-refractivity contribution < 1.29 is 12.8 Å². The smallest absolute Gasteiger partial charge is 0.236 e. The van der Waals surface area contributed by atoms with Crippen molar-refractivity contribution in [3.05, 3.63) is 12.1 Å². The van der Waals surface area contributed by atoms with Gasteiger partial charge in [0.2, 0.25) is 5.95 Å². The van der Waals surface area contributed by atoms with Crippen molar-refractivity contribution in [3.8, 4) is 0 Å². The highest BCUT2D eigenvalue weighted by Crippen LogP contribution is 2.20. The summed E-state index contributed by atoms with van der Waals surface area (Å²) in [6.45, 7) is 3.36. The number of hydrogen-bond acceptors (Lipinski definition) is 3. The molecule has 0 saturated carbocycles. The lowest BCUT2D eigenvalue weighted by atomic mass is 10.4. The Kier molecular flexibility index (Phi) is 2.63. The quantitative estimate of drug-likeness (QED) is 0.719. The lowest BCUT2D eigenvalue weighted by Crippen LogP contribution is -2.06. The first-order valence-corrected chi connectivity index (χ1v) is 5.82. The average molecular weight is 227 g/mol. The highest BCUT2D eigenvalue weighted by molar-refractivity contribution is 8.13. The van der Waals surface area contributed by atoms with E-state index in [1.165, 1.54) is 0 Å². The van der Waals surface area contributed by atoms with Crippen LogP contribution in [0.5, 0.6) is 0 Å². The Morgan fingerprint density at radius 3 is 2.38 bits per heavy atom. The molecule has 7 heteroatoms. The van der Waals surface area contributed by atoms with Gasteiger partial charge in [0.05, 0.1) is 6.20 Å². The first-order valence-electron chi connectivity index (χ1n) is 3.51. The molecule has 0 aliphatic rings. The second-order valence-electron chi connectivity index (χ2n) is 2.78. The van der Waals surface area contributed by atoms with Gasteiger partial charge in [0, 0.05) is 16.7 Å². The summed E-state index contributed by atoms with van der Waals surface area (Å²) >= 11 is 0. The van der Waals surface area contributed by atoms with Crippen LogP contribution in [0, 0.1) is 5.95 Å². The zero-order valence-electron chi connectivity index (χ0n) is 7.03. The van der Waals surface area contributed by atoms with Crippen LogP contribution < -0.4 is 0 Å². The predicted molar refractivity (Wildman–Crippen MR) is 45.6 cm³/mol. The van der Waals surface area contributed by atoms with Crippen molar-refractivity contribution in [1.82, 2.24) is 9.78 Å². The van der Waals surface area contributed by atoms with Crippen LogP contribution in [-0.2, 0) is 9.05 Å². The van der Waals surface area contributed by atoms with Crippen molar-refractivity contribution in [3.63, 3.8) is 0 Å². The Hall–Kier alpha value is -0.620. The van der Waals surface area contributed by atoms with Crippen LogP contribution in [0.25, 0.3) is 0 Å². The minimum atomic E-state index is -4.03. The van der Waals surface area contributed by atoms with Crippen molar-refractivity contribution in [2.45, 2.75) is 24.8 Å². The van der Waals surface area contributed by atoms with Crippen LogP contribution in [-0.4, -0.2) is 18.2 Å². The second-order valence-corrected chi connectivity index (χ2v) is 5.31. The number of nitrogens with zero attached hydrogens (tertiary/aromatic N) is 2. The van der Waals surface area contributed by atoms with E-state index in [-0.39, 0.29) is 6.04 Å². The fraction of sp³-hybridized carbons (Fsp3) is 0.500. The molecule has 0 unspecified atom stereocenters. The number of rotatable bonds is 2. The molecule has 0 N–H and O–H groups in total. The second kappa shape index (κ2) is 3.26. The van der Waals surface area contributed by atoms with Gasteiger partial charge < -0.3 is 0 Å². The van der Waals surface area contributed by atoms with E-state index in [9.17, 15) is 12.8 Å². The van der Waals surface area contributed by atoms with Gasteiger partial charge in [-0.05, 0) is 13.8 Å². The summed E-state index contributed by atoms with van der Waals surface area (Å²) in [5, 5.41) is 3.56. The Bertz CT molecular complexity index is 412. The molecular weight excluding hydrogens is 219 g/mol. The topological polar surface area (TPSA) is 52.0 Å².